The summed E-state index contributed by atoms with van der Waals surface area (Å²) in [6.45, 7) is 4.91. The van der Waals surface area contributed by atoms with E-state index in [2.05, 4.69) is 24.2 Å². The molecule has 0 spiro atoms. The second kappa shape index (κ2) is 4.37. The minimum absolute atomic E-state index is 0.522. The van der Waals surface area contributed by atoms with Crippen molar-refractivity contribution >= 4 is 34.3 Å². The summed E-state index contributed by atoms with van der Waals surface area (Å²) < 4.78 is 4.94. The number of thiazole rings is 1. The zero-order chi connectivity index (χ0) is 8.27. The van der Waals surface area contributed by atoms with Gasteiger partial charge in [-0.15, -0.1) is 11.3 Å². The molecule has 0 unspecified atom stereocenters. The van der Waals surface area contributed by atoms with E-state index in [0.717, 1.165) is 5.01 Å². The van der Waals surface area contributed by atoms with Gasteiger partial charge in [0.25, 0.3) is 0 Å². The number of rotatable bonds is 3. The van der Waals surface area contributed by atoms with Gasteiger partial charge in [0.15, 0.2) is 0 Å². The molecular weight excluding hydrogens is 273 g/mol. The van der Waals surface area contributed by atoms with Crippen molar-refractivity contribution < 1.29 is 3.07 Å². The second-order valence-corrected chi connectivity index (χ2v) is 4.14. The molecule has 0 fully saturated rings. The summed E-state index contributed by atoms with van der Waals surface area (Å²) in [4.78, 5) is 4.39. The fourth-order valence-electron chi connectivity index (χ4n) is 0.703. The quantitative estimate of drug-likeness (QED) is 0.795. The second-order valence-electron chi connectivity index (χ2n) is 2.57. The Morgan fingerprint density at radius 2 is 2.45 bits per heavy atom. The van der Waals surface area contributed by atoms with Gasteiger partial charge in [0.05, 0.1) is 5.69 Å². The summed E-state index contributed by atoms with van der Waals surface area (Å²) in [6.07, 6.45) is 0. The Hall–Kier alpha value is 0.320. The Morgan fingerprint density at radius 1 is 1.73 bits per heavy atom. The van der Waals surface area contributed by atoms with Crippen LogP contribution in [0.4, 0.5) is 0 Å². The van der Waals surface area contributed by atoms with Crippen molar-refractivity contribution in [3.63, 3.8) is 0 Å². The topological polar surface area (TPSA) is 22.1 Å². The lowest BCUT2D eigenvalue weighted by Crippen LogP contribution is -1.88. The molecule has 62 valence electrons. The van der Waals surface area contributed by atoms with Gasteiger partial charge in [-0.2, -0.15) is 0 Å². The van der Waals surface area contributed by atoms with Gasteiger partial charge in [-0.25, -0.2) is 4.98 Å². The highest BCUT2D eigenvalue weighted by Crippen LogP contribution is 2.18. The first-order chi connectivity index (χ1) is 5.24. The average molecular weight is 283 g/mol. The molecule has 0 bridgehead atoms. The maximum Gasteiger partial charge on any atom is 0.120 e. The zero-order valence-electron chi connectivity index (χ0n) is 6.50. The summed E-state index contributed by atoms with van der Waals surface area (Å²) in [5.74, 6) is 0.522. The van der Waals surface area contributed by atoms with Gasteiger partial charge in [0, 0.05) is 5.38 Å². The lowest BCUT2D eigenvalue weighted by atomic mass is 10.2. The maximum absolute atomic E-state index is 4.94. The van der Waals surface area contributed by atoms with Crippen LogP contribution in [0.5, 0.6) is 0 Å². The molecule has 0 radical (unpaired) electrons. The van der Waals surface area contributed by atoms with Crippen LogP contribution < -0.4 is 0 Å². The molecule has 0 N–H and O–H groups in total. The molecule has 2 nitrogen and oxygen atoms in total. The smallest absolute Gasteiger partial charge is 0.120 e. The summed E-state index contributed by atoms with van der Waals surface area (Å²) in [5, 5.41) is 3.15. The van der Waals surface area contributed by atoms with Crippen molar-refractivity contribution in [3.8, 4) is 0 Å². The summed E-state index contributed by atoms with van der Waals surface area (Å²) in [6, 6.07) is 0. The van der Waals surface area contributed by atoms with Gasteiger partial charge in [-0.1, -0.05) is 13.8 Å². The lowest BCUT2D eigenvalue weighted by molar-refractivity contribution is 0.416. The molecule has 1 aromatic rings. The number of aromatic nitrogens is 1. The van der Waals surface area contributed by atoms with Crippen LogP contribution in [0.15, 0.2) is 5.38 Å². The third-order valence-corrected chi connectivity index (χ3v) is 2.49. The van der Waals surface area contributed by atoms with Gasteiger partial charge in [0.2, 0.25) is 0 Å². The van der Waals surface area contributed by atoms with Crippen LogP contribution in [0.2, 0.25) is 0 Å². The predicted octanol–water partition coefficient (Wildman–Crippen LogP) is 3.13. The van der Waals surface area contributed by atoms with Gasteiger partial charge in [0.1, 0.15) is 34.6 Å². The molecule has 0 aromatic carbocycles. The number of nitrogens with zero attached hydrogens (tertiary/aromatic N) is 1. The molecular formula is C7H10INOS. The van der Waals surface area contributed by atoms with Crippen LogP contribution in [0, 0.1) is 0 Å². The Morgan fingerprint density at radius 3 is 2.91 bits per heavy atom. The van der Waals surface area contributed by atoms with Crippen molar-refractivity contribution in [1.29, 1.82) is 0 Å². The van der Waals surface area contributed by atoms with Crippen molar-refractivity contribution in [2.24, 2.45) is 0 Å². The molecule has 0 atom stereocenters. The molecule has 1 aromatic heterocycles. The van der Waals surface area contributed by atoms with E-state index in [1.807, 2.05) is 23.0 Å². The Balaban J connectivity index is 2.66. The zero-order valence-corrected chi connectivity index (χ0v) is 9.48. The number of hydrogen-bond donors (Lipinski definition) is 0. The standard InChI is InChI=1S/C7H10INOS/c1-5(2)6-4-11-7(9-6)3-10-8/h4-5H,3H2,1-2H3. The Bertz CT molecular complexity index is 224. The first kappa shape index (κ1) is 9.41. The largest absolute Gasteiger partial charge is 0.308 e. The van der Waals surface area contributed by atoms with E-state index >= 15 is 0 Å². The van der Waals surface area contributed by atoms with Crippen LogP contribution >= 0.6 is 34.3 Å². The Kier molecular flexibility index (Phi) is 3.74. The van der Waals surface area contributed by atoms with E-state index in [1.54, 1.807) is 11.3 Å². The first-order valence-corrected chi connectivity index (χ1v) is 5.18. The molecule has 1 heterocycles. The molecule has 0 saturated heterocycles. The molecule has 0 amide bonds. The van der Waals surface area contributed by atoms with Crippen LogP contribution in [-0.4, -0.2) is 4.98 Å². The molecule has 0 aliphatic heterocycles. The molecule has 0 saturated carbocycles. The van der Waals surface area contributed by atoms with Gasteiger partial charge in [-0.3, -0.25) is 0 Å². The summed E-state index contributed by atoms with van der Waals surface area (Å²) >= 11 is 3.55. The third-order valence-electron chi connectivity index (χ3n) is 1.34. The summed E-state index contributed by atoms with van der Waals surface area (Å²) in [7, 11) is 0. The monoisotopic (exact) mass is 283 g/mol. The van der Waals surface area contributed by atoms with Gasteiger partial charge >= 0.3 is 0 Å². The third kappa shape index (κ3) is 2.68. The van der Waals surface area contributed by atoms with Crippen molar-refractivity contribution in [1.82, 2.24) is 4.98 Å². The number of hydrogen-bond acceptors (Lipinski definition) is 3. The minimum Gasteiger partial charge on any atom is -0.308 e. The highest BCUT2D eigenvalue weighted by Gasteiger charge is 2.04. The number of halogens is 1. The van der Waals surface area contributed by atoms with Crippen LogP contribution in [0.1, 0.15) is 30.5 Å². The normalized spacial score (nSPS) is 10.9. The fourth-order valence-corrected chi connectivity index (χ4v) is 2.08. The lowest BCUT2D eigenvalue weighted by Gasteiger charge is -1.96. The average Bonchev–Trinajstić information content (AvgIpc) is 2.37. The molecule has 11 heavy (non-hydrogen) atoms. The maximum atomic E-state index is 4.94. The molecule has 0 aliphatic rings. The predicted molar refractivity (Wildman–Crippen MR) is 55.0 cm³/mol. The first-order valence-electron chi connectivity index (χ1n) is 3.42. The molecule has 1 rings (SSSR count). The van der Waals surface area contributed by atoms with Crippen LogP contribution in [0.3, 0.4) is 0 Å². The van der Waals surface area contributed by atoms with E-state index < -0.39 is 0 Å². The summed E-state index contributed by atoms with van der Waals surface area (Å²) in [5.41, 5.74) is 1.17. The van der Waals surface area contributed by atoms with Gasteiger partial charge in [-0.05, 0) is 5.92 Å². The molecule has 4 heteroatoms. The van der Waals surface area contributed by atoms with Gasteiger partial charge < -0.3 is 3.07 Å². The van der Waals surface area contributed by atoms with E-state index in [9.17, 15) is 0 Å². The van der Waals surface area contributed by atoms with Crippen molar-refractivity contribution in [2.75, 3.05) is 0 Å². The van der Waals surface area contributed by atoms with Crippen molar-refractivity contribution in [3.05, 3.63) is 16.1 Å². The van der Waals surface area contributed by atoms with E-state index in [-0.39, 0.29) is 0 Å². The fraction of sp³-hybridized carbons (Fsp3) is 0.571. The van der Waals surface area contributed by atoms with E-state index in [1.165, 1.54) is 5.69 Å². The van der Waals surface area contributed by atoms with Crippen LogP contribution in [0.25, 0.3) is 0 Å². The van der Waals surface area contributed by atoms with Crippen molar-refractivity contribution in [2.45, 2.75) is 26.4 Å². The highest BCUT2D eigenvalue weighted by atomic mass is 127. The Labute approximate surface area is 84.7 Å². The minimum atomic E-state index is 0.522. The van der Waals surface area contributed by atoms with E-state index in [4.69, 9.17) is 3.07 Å². The van der Waals surface area contributed by atoms with Crippen LogP contribution in [-0.2, 0) is 9.67 Å². The van der Waals surface area contributed by atoms with E-state index in [0.29, 0.717) is 12.5 Å². The highest BCUT2D eigenvalue weighted by molar-refractivity contribution is 14.1. The molecule has 0 aliphatic carbocycles. The SMILES string of the molecule is CC(C)c1csc(COI)n1.